The molecule has 2 N–H and O–H groups in total. The molecule has 0 saturated heterocycles. The van der Waals surface area contributed by atoms with Gasteiger partial charge < -0.3 is 10.6 Å². The van der Waals surface area contributed by atoms with Gasteiger partial charge in [0, 0.05) is 31.3 Å². The Morgan fingerprint density at radius 3 is 2.71 bits per heavy atom. The van der Waals surface area contributed by atoms with Crippen LogP contribution >= 0.6 is 11.3 Å². The van der Waals surface area contributed by atoms with Crippen molar-refractivity contribution in [2.24, 2.45) is 5.92 Å². The predicted octanol–water partition coefficient (Wildman–Crippen LogP) is 2.28. The molecule has 1 heterocycles. The SMILES string of the molecule is CCC(CC)C(=O)NCCc1csc(NC)n1. The van der Waals surface area contributed by atoms with Crippen LogP contribution in [0.2, 0.25) is 0 Å². The smallest absolute Gasteiger partial charge is 0.223 e. The summed E-state index contributed by atoms with van der Waals surface area (Å²) in [6.45, 7) is 4.77. The van der Waals surface area contributed by atoms with E-state index in [4.69, 9.17) is 0 Å². The van der Waals surface area contributed by atoms with E-state index in [1.165, 1.54) is 0 Å². The topological polar surface area (TPSA) is 54.0 Å². The first-order chi connectivity index (χ1) is 8.21. The quantitative estimate of drug-likeness (QED) is 0.786. The van der Waals surface area contributed by atoms with Crippen molar-refractivity contribution in [3.63, 3.8) is 0 Å². The molecule has 1 rings (SSSR count). The van der Waals surface area contributed by atoms with Crippen molar-refractivity contribution in [1.29, 1.82) is 0 Å². The van der Waals surface area contributed by atoms with Gasteiger partial charge in [0.15, 0.2) is 5.13 Å². The minimum absolute atomic E-state index is 0.151. The van der Waals surface area contributed by atoms with Gasteiger partial charge in [0.25, 0.3) is 0 Å². The van der Waals surface area contributed by atoms with Gasteiger partial charge in [0.2, 0.25) is 5.91 Å². The van der Waals surface area contributed by atoms with Gasteiger partial charge in [-0.1, -0.05) is 13.8 Å². The Kier molecular flexibility index (Phi) is 5.97. The van der Waals surface area contributed by atoms with Gasteiger partial charge in [-0.05, 0) is 12.8 Å². The molecule has 0 saturated carbocycles. The van der Waals surface area contributed by atoms with Crippen LogP contribution < -0.4 is 10.6 Å². The monoisotopic (exact) mass is 255 g/mol. The summed E-state index contributed by atoms with van der Waals surface area (Å²) < 4.78 is 0. The molecule has 1 amide bonds. The summed E-state index contributed by atoms with van der Waals surface area (Å²) in [5.74, 6) is 0.317. The number of nitrogens with zero attached hydrogens (tertiary/aromatic N) is 1. The highest BCUT2D eigenvalue weighted by Gasteiger charge is 2.13. The Morgan fingerprint density at radius 2 is 2.18 bits per heavy atom. The van der Waals surface area contributed by atoms with E-state index in [1.54, 1.807) is 11.3 Å². The first kappa shape index (κ1) is 14.0. The first-order valence-electron chi connectivity index (χ1n) is 6.11. The van der Waals surface area contributed by atoms with E-state index in [2.05, 4.69) is 15.6 Å². The van der Waals surface area contributed by atoms with E-state index in [0.29, 0.717) is 6.54 Å². The molecular formula is C12H21N3OS. The fraction of sp³-hybridized carbons (Fsp3) is 0.667. The summed E-state index contributed by atoms with van der Waals surface area (Å²) in [5.41, 5.74) is 1.03. The van der Waals surface area contributed by atoms with E-state index < -0.39 is 0 Å². The van der Waals surface area contributed by atoms with Crippen molar-refractivity contribution in [3.05, 3.63) is 11.1 Å². The van der Waals surface area contributed by atoms with Gasteiger partial charge >= 0.3 is 0 Å². The molecule has 5 heteroatoms. The van der Waals surface area contributed by atoms with Gasteiger partial charge in [-0.15, -0.1) is 11.3 Å². The molecule has 96 valence electrons. The van der Waals surface area contributed by atoms with Crippen LogP contribution in [-0.2, 0) is 11.2 Å². The number of rotatable bonds is 7. The molecule has 0 aliphatic rings. The second-order valence-corrected chi connectivity index (χ2v) is 4.81. The van der Waals surface area contributed by atoms with E-state index in [-0.39, 0.29) is 11.8 Å². The number of hydrogen-bond donors (Lipinski definition) is 2. The highest BCUT2D eigenvalue weighted by molar-refractivity contribution is 7.13. The Labute approximate surface area is 107 Å². The Balaban J connectivity index is 2.29. The second kappa shape index (κ2) is 7.27. The van der Waals surface area contributed by atoms with E-state index >= 15 is 0 Å². The number of thiazole rings is 1. The average molecular weight is 255 g/mol. The summed E-state index contributed by atoms with van der Waals surface area (Å²) in [6, 6.07) is 0. The van der Waals surface area contributed by atoms with Gasteiger partial charge in [0.1, 0.15) is 0 Å². The standard InChI is InChI=1S/C12H21N3OS/c1-4-9(5-2)11(16)14-7-6-10-8-17-12(13-3)15-10/h8-9H,4-7H2,1-3H3,(H,13,15)(H,14,16). The van der Waals surface area contributed by atoms with Crippen LogP contribution in [0.3, 0.4) is 0 Å². The third kappa shape index (κ3) is 4.34. The van der Waals surface area contributed by atoms with E-state index in [0.717, 1.165) is 30.1 Å². The largest absolute Gasteiger partial charge is 0.365 e. The predicted molar refractivity (Wildman–Crippen MR) is 72.4 cm³/mol. The third-order valence-electron chi connectivity index (χ3n) is 2.80. The first-order valence-corrected chi connectivity index (χ1v) is 6.99. The molecule has 0 spiro atoms. The highest BCUT2D eigenvalue weighted by Crippen LogP contribution is 2.14. The fourth-order valence-electron chi connectivity index (χ4n) is 1.65. The molecule has 0 bridgehead atoms. The van der Waals surface area contributed by atoms with Gasteiger partial charge in [-0.2, -0.15) is 0 Å². The van der Waals surface area contributed by atoms with E-state index in [9.17, 15) is 4.79 Å². The molecule has 0 aliphatic heterocycles. The van der Waals surface area contributed by atoms with Crippen molar-refractivity contribution >= 4 is 22.4 Å². The lowest BCUT2D eigenvalue weighted by Gasteiger charge is -2.11. The maximum atomic E-state index is 11.7. The van der Waals surface area contributed by atoms with Crippen LogP contribution in [0.1, 0.15) is 32.4 Å². The molecule has 0 aromatic carbocycles. The number of anilines is 1. The van der Waals surface area contributed by atoms with Crippen molar-refractivity contribution in [2.45, 2.75) is 33.1 Å². The number of carbonyl (C=O) groups excluding carboxylic acids is 1. The van der Waals surface area contributed by atoms with Crippen molar-refractivity contribution in [2.75, 3.05) is 18.9 Å². The van der Waals surface area contributed by atoms with Gasteiger partial charge in [-0.25, -0.2) is 4.98 Å². The van der Waals surface area contributed by atoms with Crippen LogP contribution in [0.5, 0.6) is 0 Å². The van der Waals surface area contributed by atoms with Crippen LogP contribution in [0.4, 0.5) is 5.13 Å². The van der Waals surface area contributed by atoms with Gasteiger partial charge in [0.05, 0.1) is 5.69 Å². The minimum Gasteiger partial charge on any atom is -0.365 e. The van der Waals surface area contributed by atoms with Crippen molar-refractivity contribution in [3.8, 4) is 0 Å². The molecule has 1 aromatic rings. The number of aromatic nitrogens is 1. The molecular weight excluding hydrogens is 234 g/mol. The molecule has 0 atom stereocenters. The fourth-order valence-corrected chi connectivity index (χ4v) is 2.36. The van der Waals surface area contributed by atoms with Crippen LogP contribution in [0.25, 0.3) is 0 Å². The minimum atomic E-state index is 0.151. The summed E-state index contributed by atoms with van der Waals surface area (Å²) in [4.78, 5) is 16.1. The zero-order valence-electron chi connectivity index (χ0n) is 10.7. The van der Waals surface area contributed by atoms with Gasteiger partial charge in [-0.3, -0.25) is 4.79 Å². The number of nitrogens with one attached hydrogen (secondary N) is 2. The number of amides is 1. The van der Waals surface area contributed by atoms with Crippen LogP contribution in [0, 0.1) is 5.92 Å². The lowest BCUT2D eigenvalue weighted by molar-refractivity contribution is -0.125. The van der Waals surface area contributed by atoms with E-state index in [1.807, 2.05) is 26.3 Å². The Bertz CT molecular complexity index is 347. The van der Waals surface area contributed by atoms with Crippen LogP contribution in [0.15, 0.2) is 5.38 Å². The Morgan fingerprint density at radius 1 is 1.47 bits per heavy atom. The van der Waals surface area contributed by atoms with Crippen molar-refractivity contribution in [1.82, 2.24) is 10.3 Å². The summed E-state index contributed by atoms with van der Waals surface area (Å²) >= 11 is 1.59. The molecule has 0 fully saturated rings. The Hall–Kier alpha value is -1.10. The summed E-state index contributed by atoms with van der Waals surface area (Å²) in [5, 5.41) is 8.91. The zero-order valence-corrected chi connectivity index (χ0v) is 11.6. The average Bonchev–Trinajstić information content (AvgIpc) is 2.78. The lowest BCUT2D eigenvalue weighted by Crippen LogP contribution is -2.31. The highest BCUT2D eigenvalue weighted by atomic mass is 32.1. The number of carbonyl (C=O) groups is 1. The molecule has 1 aromatic heterocycles. The molecule has 0 unspecified atom stereocenters. The van der Waals surface area contributed by atoms with Crippen molar-refractivity contribution < 1.29 is 4.79 Å². The lowest BCUT2D eigenvalue weighted by atomic mass is 10.0. The maximum Gasteiger partial charge on any atom is 0.223 e. The zero-order chi connectivity index (χ0) is 12.7. The van der Waals surface area contributed by atoms with Crippen LogP contribution in [-0.4, -0.2) is 24.5 Å². The molecule has 4 nitrogen and oxygen atoms in total. The second-order valence-electron chi connectivity index (χ2n) is 3.95. The summed E-state index contributed by atoms with van der Waals surface area (Å²) in [6.07, 6.45) is 2.61. The maximum absolute atomic E-state index is 11.7. The number of hydrogen-bond acceptors (Lipinski definition) is 4. The molecule has 17 heavy (non-hydrogen) atoms. The molecule has 0 radical (unpaired) electrons. The molecule has 0 aliphatic carbocycles. The normalized spacial score (nSPS) is 10.6. The third-order valence-corrected chi connectivity index (χ3v) is 3.71. The summed E-state index contributed by atoms with van der Waals surface area (Å²) in [7, 11) is 1.86.